The molecular weight excluding hydrogens is 681 g/mol. The molecule has 0 fully saturated rings. The van der Waals surface area contributed by atoms with Gasteiger partial charge in [-0.3, -0.25) is 29.3 Å². The van der Waals surface area contributed by atoms with Gasteiger partial charge in [-0.2, -0.15) is 4.98 Å². The van der Waals surface area contributed by atoms with Crippen LogP contribution in [0.15, 0.2) is 35.6 Å². The molecule has 0 radical (unpaired) electrons. The maximum atomic E-state index is 12.8. The highest BCUT2D eigenvalue weighted by Crippen LogP contribution is 2.41. The van der Waals surface area contributed by atoms with E-state index >= 15 is 0 Å². The number of benzene rings is 1. The Hall–Kier alpha value is -5.11. The average molecular weight is 713 g/mol. The number of nitrogens with zero attached hydrogens (tertiary/aromatic N) is 3. The first kappa shape index (κ1) is 35.2. The number of pyridine rings is 1. The first-order valence-electron chi connectivity index (χ1n) is 14.9. The van der Waals surface area contributed by atoms with Crippen molar-refractivity contribution in [1.29, 1.82) is 0 Å². The van der Waals surface area contributed by atoms with Crippen LogP contribution in [0.1, 0.15) is 35.0 Å². The molecule has 4 aromatic rings. The van der Waals surface area contributed by atoms with E-state index in [1.165, 1.54) is 17.5 Å². The topological polar surface area (TPSA) is 268 Å². The van der Waals surface area contributed by atoms with Crippen molar-refractivity contribution in [2.45, 2.75) is 49.7 Å². The van der Waals surface area contributed by atoms with Gasteiger partial charge in [-0.1, -0.05) is 11.8 Å². The molecule has 2 unspecified atom stereocenters. The summed E-state index contributed by atoms with van der Waals surface area (Å²) in [6, 6.07) is 4.52. The number of aromatic nitrogens is 3. The van der Waals surface area contributed by atoms with Crippen LogP contribution in [0.3, 0.4) is 0 Å². The zero-order chi connectivity index (χ0) is 35.2. The molecule has 1 aliphatic rings. The summed E-state index contributed by atoms with van der Waals surface area (Å²) in [6.07, 6.45) is 0.860. The van der Waals surface area contributed by atoms with Crippen LogP contribution in [-0.2, 0) is 25.8 Å². The third-order valence-corrected chi connectivity index (χ3v) is 9.44. The van der Waals surface area contributed by atoms with Crippen LogP contribution < -0.4 is 31.7 Å². The number of hydrogen-bond donors (Lipinski definition) is 8. The number of hydrogen-bond acceptors (Lipinski definition) is 14. The number of carbonyl (C=O) groups excluding carboxylic acids is 3. The van der Waals surface area contributed by atoms with Crippen LogP contribution in [0.2, 0.25) is 0 Å². The maximum absolute atomic E-state index is 12.8. The van der Waals surface area contributed by atoms with Gasteiger partial charge in [-0.25, -0.2) is 9.97 Å². The van der Waals surface area contributed by atoms with E-state index in [1.807, 2.05) is 25.1 Å². The number of ether oxygens (including phenoxy) is 1. The fourth-order valence-electron chi connectivity index (χ4n) is 4.96. The van der Waals surface area contributed by atoms with Crippen molar-refractivity contribution in [3.8, 4) is 11.8 Å². The van der Waals surface area contributed by atoms with Crippen molar-refractivity contribution >= 4 is 79.4 Å². The van der Waals surface area contributed by atoms with Gasteiger partial charge in [0.2, 0.25) is 23.6 Å². The lowest BCUT2D eigenvalue weighted by Crippen LogP contribution is -2.53. The number of carbonyl (C=O) groups is 5. The van der Waals surface area contributed by atoms with Gasteiger partial charge in [-0.05, 0) is 31.5 Å². The minimum atomic E-state index is -1.34. The van der Waals surface area contributed by atoms with Crippen LogP contribution >= 0.6 is 23.1 Å². The highest BCUT2D eigenvalue weighted by atomic mass is 32.2. The van der Waals surface area contributed by atoms with E-state index in [2.05, 4.69) is 36.2 Å². The average Bonchev–Trinajstić information content (AvgIpc) is 3.38. The molecular formula is C30H32N8O9S2. The molecule has 0 bridgehead atoms. The van der Waals surface area contributed by atoms with Crippen molar-refractivity contribution in [2.24, 2.45) is 5.73 Å². The molecule has 0 aliphatic carbocycles. The Kier molecular flexibility index (Phi) is 11.1. The van der Waals surface area contributed by atoms with Gasteiger partial charge in [-0.15, -0.1) is 11.3 Å². The second-order valence-electron chi connectivity index (χ2n) is 11.0. The summed E-state index contributed by atoms with van der Waals surface area (Å²) in [7, 11) is 0. The summed E-state index contributed by atoms with van der Waals surface area (Å²) < 4.78 is 6.90. The molecule has 258 valence electrons. The number of amides is 3. The zero-order valence-corrected chi connectivity index (χ0v) is 27.5. The van der Waals surface area contributed by atoms with E-state index in [9.17, 15) is 34.2 Å². The SMILES string of the molecule is C[C@@H]1CNc2c(sc3ccc4nc(Oc5nc(SCC(NC(CCC(N)=O)C(=O)O)C(=O)NCC(=O)O)ncc5CO)ccc4c23)C(=O)N1. The standard InChI is InChI=1S/C30H32N8O9S2/c1-13-8-32-24-23-15-2-7-21(37-16(15)3-5-19(23)49-25(24)27(44)35-13)47-28-14(11-39)9-34-30(38-28)48-12-18(26(43)33-10-22(41)42)36-17(29(45)46)4-6-20(31)40/h2-3,5,7,9,13,17-18,32,36,39H,4,6,8,10-12H2,1H3,(H2,31,40)(H,33,43)(H,35,44)(H,41,42)(H,45,46)/t13-,17?,18?/m1/s1. The smallest absolute Gasteiger partial charge is 0.322 e. The zero-order valence-electron chi connectivity index (χ0n) is 25.9. The van der Waals surface area contributed by atoms with Crippen LogP contribution in [0.25, 0.3) is 21.0 Å². The second kappa shape index (κ2) is 15.4. The normalized spacial score (nSPS) is 15.4. The third-order valence-electron chi connectivity index (χ3n) is 7.33. The molecule has 0 saturated carbocycles. The Morgan fingerprint density at radius 2 is 1.96 bits per heavy atom. The van der Waals surface area contributed by atoms with E-state index in [4.69, 9.17) is 15.6 Å². The summed E-state index contributed by atoms with van der Waals surface area (Å²) in [5.74, 6) is -4.32. The number of aliphatic carboxylic acids is 2. The number of anilines is 1. The number of thiophene rings is 1. The summed E-state index contributed by atoms with van der Waals surface area (Å²) >= 11 is 2.32. The molecule has 1 aliphatic heterocycles. The van der Waals surface area contributed by atoms with Gasteiger partial charge in [0.1, 0.15) is 17.5 Å². The van der Waals surface area contributed by atoms with Crippen LogP contribution in [0.4, 0.5) is 5.69 Å². The molecule has 0 spiro atoms. The van der Waals surface area contributed by atoms with E-state index in [1.54, 1.807) is 6.07 Å². The Morgan fingerprint density at radius 3 is 2.67 bits per heavy atom. The van der Waals surface area contributed by atoms with Gasteiger partial charge >= 0.3 is 11.9 Å². The Balaban J connectivity index is 1.37. The summed E-state index contributed by atoms with van der Waals surface area (Å²) in [6.45, 7) is 1.31. The number of fused-ring (bicyclic) bond motifs is 5. The molecule has 17 nitrogen and oxygen atoms in total. The summed E-state index contributed by atoms with van der Waals surface area (Å²) in [5, 5.41) is 41.5. The molecule has 1 aromatic carbocycles. The first-order chi connectivity index (χ1) is 23.4. The highest BCUT2D eigenvalue weighted by Gasteiger charge is 2.28. The summed E-state index contributed by atoms with van der Waals surface area (Å²) in [4.78, 5) is 73.4. The molecule has 0 saturated heterocycles. The van der Waals surface area contributed by atoms with Crippen molar-refractivity contribution in [1.82, 2.24) is 30.9 Å². The fraction of sp³-hybridized carbons (Fsp3) is 0.333. The Morgan fingerprint density at radius 1 is 1.16 bits per heavy atom. The minimum absolute atomic E-state index is 0.0191. The predicted molar refractivity (Wildman–Crippen MR) is 179 cm³/mol. The number of aliphatic hydroxyl groups excluding tert-OH is 1. The lowest BCUT2D eigenvalue weighted by molar-refractivity contribution is -0.141. The molecule has 49 heavy (non-hydrogen) atoms. The highest BCUT2D eigenvalue weighted by molar-refractivity contribution is 7.99. The van der Waals surface area contributed by atoms with Crippen molar-refractivity contribution < 1.29 is 44.0 Å². The number of carboxylic acids is 2. The van der Waals surface area contributed by atoms with E-state index in [-0.39, 0.29) is 53.0 Å². The number of rotatable bonds is 15. The van der Waals surface area contributed by atoms with Gasteiger partial charge in [0.05, 0.1) is 29.4 Å². The number of thioether (sulfide) groups is 1. The van der Waals surface area contributed by atoms with Crippen molar-refractivity contribution in [2.75, 3.05) is 24.2 Å². The molecule has 4 heterocycles. The Bertz CT molecular complexity index is 1940. The lowest BCUT2D eigenvalue weighted by Gasteiger charge is -2.22. The van der Waals surface area contributed by atoms with Crippen LogP contribution in [0.5, 0.6) is 11.8 Å². The number of nitrogens with one attached hydrogen (secondary N) is 4. The Labute approximate surface area is 286 Å². The fourth-order valence-corrected chi connectivity index (χ4v) is 6.89. The largest absolute Gasteiger partial charge is 0.480 e. The molecule has 3 atom stereocenters. The van der Waals surface area contributed by atoms with Crippen molar-refractivity contribution in [3.05, 3.63) is 40.9 Å². The summed E-state index contributed by atoms with van der Waals surface area (Å²) in [5.41, 5.74) is 6.72. The molecule has 9 N–H and O–H groups in total. The number of nitrogens with two attached hydrogens (primary N) is 1. The monoisotopic (exact) mass is 712 g/mol. The minimum Gasteiger partial charge on any atom is -0.480 e. The quantitative estimate of drug-likeness (QED) is 0.0632. The van der Waals surface area contributed by atoms with Gasteiger partial charge in [0.25, 0.3) is 5.91 Å². The van der Waals surface area contributed by atoms with Gasteiger partial charge in [0, 0.05) is 52.5 Å². The maximum Gasteiger partial charge on any atom is 0.322 e. The number of aliphatic hydroxyl groups is 1. The third kappa shape index (κ3) is 8.49. The molecule has 3 amide bonds. The second-order valence-corrected chi connectivity index (χ2v) is 13.0. The first-order valence-corrected chi connectivity index (χ1v) is 16.7. The predicted octanol–water partition coefficient (Wildman–Crippen LogP) is 1.04. The van der Waals surface area contributed by atoms with Crippen molar-refractivity contribution in [3.63, 3.8) is 0 Å². The molecule has 3 aromatic heterocycles. The van der Waals surface area contributed by atoms with Gasteiger partial charge < -0.3 is 41.7 Å². The van der Waals surface area contributed by atoms with E-state index in [0.29, 0.717) is 16.9 Å². The lowest BCUT2D eigenvalue weighted by atomic mass is 10.1. The van der Waals surface area contributed by atoms with Gasteiger partial charge in [0.15, 0.2) is 5.16 Å². The number of carboxylic acid groups (broad SMARTS) is 2. The van der Waals surface area contributed by atoms with E-state index in [0.717, 1.165) is 32.9 Å². The van der Waals surface area contributed by atoms with E-state index < -0.39 is 49.0 Å². The molecule has 5 rings (SSSR count). The molecule has 19 heteroatoms. The van der Waals surface area contributed by atoms with Crippen LogP contribution in [0, 0.1) is 0 Å². The van der Waals surface area contributed by atoms with Crippen LogP contribution in [-0.4, -0.2) is 96.9 Å². The number of primary amides is 1.